The second-order valence-electron chi connectivity index (χ2n) is 4.24. The van der Waals surface area contributed by atoms with Crippen molar-refractivity contribution in [3.63, 3.8) is 0 Å². The Morgan fingerprint density at radius 3 is 2.50 bits per heavy atom. The first-order valence-electron chi connectivity index (χ1n) is 6.34. The number of aldehydes is 1. The van der Waals surface area contributed by atoms with E-state index in [1.807, 2.05) is 0 Å². The molecule has 5 nitrogen and oxygen atoms in total. The fourth-order valence-electron chi connectivity index (χ4n) is 1.67. The number of methoxy groups -OCH3 is 1. The third-order valence-electron chi connectivity index (χ3n) is 2.72. The molecule has 0 amide bonds. The Labute approximate surface area is 132 Å². The highest BCUT2D eigenvalue weighted by Gasteiger charge is 2.11. The van der Waals surface area contributed by atoms with Crippen molar-refractivity contribution in [1.29, 1.82) is 0 Å². The molecule has 0 aliphatic carbocycles. The molecule has 0 N–H and O–H groups in total. The lowest BCUT2D eigenvalue weighted by molar-refractivity contribution is -0.136. The minimum Gasteiger partial charge on any atom is -0.493 e. The summed E-state index contributed by atoms with van der Waals surface area (Å²) in [5, 5.41) is 0.579. The molecular weight excluding hydrogens is 308 g/mol. The van der Waals surface area contributed by atoms with Crippen LogP contribution in [-0.2, 0) is 4.79 Å². The smallest absolute Gasteiger partial charge is 0.349 e. The van der Waals surface area contributed by atoms with Crippen LogP contribution in [0.1, 0.15) is 10.4 Å². The molecule has 0 radical (unpaired) electrons. The second-order valence-corrected chi connectivity index (χ2v) is 4.68. The lowest BCUT2D eigenvalue weighted by atomic mass is 10.2. The first kappa shape index (κ1) is 15.9. The Morgan fingerprint density at radius 1 is 1.14 bits per heavy atom. The van der Waals surface area contributed by atoms with E-state index in [4.69, 9.17) is 25.8 Å². The van der Waals surface area contributed by atoms with Crippen LogP contribution >= 0.6 is 11.6 Å². The zero-order valence-electron chi connectivity index (χ0n) is 11.7. The zero-order valence-corrected chi connectivity index (χ0v) is 12.5. The van der Waals surface area contributed by atoms with Crippen molar-refractivity contribution in [2.45, 2.75) is 0 Å². The zero-order chi connectivity index (χ0) is 15.9. The molecule has 0 fully saturated rings. The molecule has 2 aromatic carbocycles. The fraction of sp³-hybridized carbons (Fsp3) is 0.125. The molecule has 0 saturated carbocycles. The van der Waals surface area contributed by atoms with E-state index >= 15 is 0 Å². The largest absolute Gasteiger partial charge is 0.493 e. The number of rotatable bonds is 6. The van der Waals surface area contributed by atoms with Crippen LogP contribution in [0.25, 0.3) is 0 Å². The normalized spacial score (nSPS) is 9.91. The Bertz CT molecular complexity index is 667. The molecule has 0 atom stereocenters. The second kappa shape index (κ2) is 7.47. The van der Waals surface area contributed by atoms with Gasteiger partial charge in [0.25, 0.3) is 0 Å². The number of carbonyl (C=O) groups excluding carboxylic acids is 2. The van der Waals surface area contributed by atoms with E-state index < -0.39 is 5.97 Å². The van der Waals surface area contributed by atoms with Crippen LogP contribution in [0.4, 0.5) is 0 Å². The molecule has 0 aromatic heterocycles. The molecule has 0 bridgehead atoms. The van der Waals surface area contributed by atoms with Crippen LogP contribution in [0.2, 0.25) is 5.02 Å². The highest BCUT2D eigenvalue weighted by Crippen LogP contribution is 2.27. The molecule has 2 rings (SSSR count). The monoisotopic (exact) mass is 320 g/mol. The Hall–Kier alpha value is -2.53. The summed E-state index contributed by atoms with van der Waals surface area (Å²) in [7, 11) is 1.42. The molecule has 0 heterocycles. The highest BCUT2D eigenvalue weighted by atomic mass is 35.5. The molecule has 0 saturated heterocycles. The quantitative estimate of drug-likeness (QED) is 0.465. The maximum absolute atomic E-state index is 11.8. The van der Waals surface area contributed by atoms with Gasteiger partial charge in [-0.3, -0.25) is 4.79 Å². The SMILES string of the molecule is COc1cc(C=O)ccc1OC(=O)COc1ccc(Cl)cc1. The number of hydrogen-bond donors (Lipinski definition) is 0. The average Bonchev–Trinajstić information content (AvgIpc) is 2.54. The van der Waals surface area contributed by atoms with Crippen molar-refractivity contribution >= 4 is 23.9 Å². The van der Waals surface area contributed by atoms with Gasteiger partial charge < -0.3 is 14.2 Å². The van der Waals surface area contributed by atoms with Crippen molar-refractivity contribution in [3.8, 4) is 17.2 Å². The van der Waals surface area contributed by atoms with E-state index in [-0.39, 0.29) is 12.4 Å². The number of carbonyl (C=O) groups is 2. The number of ether oxygens (including phenoxy) is 3. The molecule has 0 aliphatic rings. The Balaban J connectivity index is 1.97. The number of halogens is 1. The van der Waals surface area contributed by atoms with E-state index in [1.165, 1.54) is 25.3 Å². The lowest BCUT2D eigenvalue weighted by Gasteiger charge is -2.10. The van der Waals surface area contributed by atoms with Gasteiger partial charge in [0.05, 0.1) is 7.11 Å². The summed E-state index contributed by atoms with van der Waals surface area (Å²) in [5.41, 5.74) is 0.425. The molecule has 22 heavy (non-hydrogen) atoms. The summed E-state index contributed by atoms with van der Waals surface area (Å²) in [4.78, 5) is 22.5. The van der Waals surface area contributed by atoms with Gasteiger partial charge in [0.1, 0.15) is 12.0 Å². The number of benzene rings is 2. The molecular formula is C16H13ClO5. The minimum absolute atomic E-state index is 0.220. The summed E-state index contributed by atoms with van der Waals surface area (Å²) in [6.45, 7) is -0.264. The van der Waals surface area contributed by atoms with Gasteiger partial charge in [0, 0.05) is 10.6 Å². The summed E-state index contributed by atoms with van der Waals surface area (Å²) in [6, 6.07) is 11.1. The van der Waals surface area contributed by atoms with E-state index in [9.17, 15) is 9.59 Å². The van der Waals surface area contributed by atoms with Gasteiger partial charge in [-0.05, 0) is 42.5 Å². The van der Waals surface area contributed by atoms with Gasteiger partial charge in [0.15, 0.2) is 18.1 Å². The maximum Gasteiger partial charge on any atom is 0.349 e. The van der Waals surface area contributed by atoms with Gasteiger partial charge in [-0.15, -0.1) is 0 Å². The molecule has 2 aromatic rings. The van der Waals surface area contributed by atoms with Crippen LogP contribution in [0.5, 0.6) is 17.2 Å². The maximum atomic E-state index is 11.8. The summed E-state index contributed by atoms with van der Waals surface area (Å²) in [5.74, 6) is 0.430. The third kappa shape index (κ3) is 4.23. The van der Waals surface area contributed by atoms with Crippen LogP contribution in [-0.4, -0.2) is 26.0 Å². The van der Waals surface area contributed by atoms with Crippen LogP contribution in [0.3, 0.4) is 0 Å². The third-order valence-corrected chi connectivity index (χ3v) is 2.97. The van der Waals surface area contributed by atoms with Crippen molar-refractivity contribution < 1.29 is 23.8 Å². The fourth-order valence-corrected chi connectivity index (χ4v) is 1.79. The molecule has 0 spiro atoms. The lowest BCUT2D eigenvalue weighted by Crippen LogP contribution is -2.18. The summed E-state index contributed by atoms with van der Waals surface area (Å²) in [6.07, 6.45) is 0.678. The minimum atomic E-state index is -0.591. The first-order chi connectivity index (χ1) is 10.6. The van der Waals surface area contributed by atoms with E-state index in [1.54, 1.807) is 24.3 Å². The first-order valence-corrected chi connectivity index (χ1v) is 6.72. The Kier molecular flexibility index (Phi) is 5.38. The van der Waals surface area contributed by atoms with Gasteiger partial charge in [-0.25, -0.2) is 4.79 Å². The van der Waals surface area contributed by atoms with Crippen molar-refractivity contribution in [1.82, 2.24) is 0 Å². The van der Waals surface area contributed by atoms with Crippen LogP contribution in [0, 0.1) is 0 Å². The topological polar surface area (TPSA) is 61.8 Å². The van der Waals surface area contributed by atoms with E-state index in [0.717, 1.165) is 0 Å². The predicted molar refractivity (Wildman–Crippen MR) is 81.0 cm³/mol. The Morgan fingerprint density at radius 2 is 1.86 bits per heavy atom. The van der Waals surface area contributed by atoms with Crippen molar-refractivity contribution in [2.75, 3.05) is 13.7 Å². The van der Waals surface area contributed by atoms with Crippen LogP contribution < -0.4 is 14.2 Å². The van der Waals surface area contributed by atoms with Gasteiger partial charge in [0.2, 0.25) is 0 Å². The average molecular weight is 321 g/mol. The molecule has 0 unspecified atom stereocenters. The van der Waals surface area contributed by atoms with Gasteiger partial charge in [-0.1, -0.05) is 11.6 Å². The van der Waals surface area contributed by atoms with Gasteiger partial charge >= 0.3 is 5.97 Å². The van der Waals surface area contributed by atoms with Crippen molar-refractivity contribution in [3.05, 3.63) is 53.1 Å². The predicted octanol–water partition coefficient (Wildman–Crippen LogP) is 3.15. The summed E-state index contributed by atoms with van der Waals surface area (Å²) >= 11 is 5.75. The van der Waals surface area contributed by atoms with E-state index in [0.29, 0.717) is 28.4 Å². The van der Waals surface area contributed by atoms with Crippen molar-refractivity contribution in [2.24, 2.45) is 0 Å². The highest BCUT2D eigenvalue weighted by molar-refractivity contribution is 6.30. The van der Waals surface area contributed by atoms with E-state index in [2.05, 4.69) is 0 Å². The number of hydrogen-bond acceptors (Lipinski definition) is 5. The molecule has 6 heteroatoms. The number of esters is 1. The van der Waals surface area contributed by atoms with Crippen LogP contribution in [0.15, 0.2) is 42.5 Å². The summed E-state index contributed by atoms with van der Waals surface area (Å²) < 4.78 is 15.5. The van der Waals surface area contributed by atoms with Gasteiger partial charge in [-0.2, -0.15) is 0 Å². The molecule has 0 aliphatic heterocycles. The standard InChI is InChI=1S/C16H13ClO5/c1-20-15-8-11(9-18)2-7-14(15)22-16(19)10-21-13-5-3-12(17)4-6-13/h2-9H,10H2,1H3. The molecule has 114 valence electrons.